The van der Waals surface area contributed by atoms with E-state index >= 15 is 0 Å². The van der Waals surface area contributed by atoms with Crippen LogP contribution in [0.15, 0.2) is 24.3 Å². The number of hydrogen-bond acceptors (Lipinski definition) is 2. The second-order valence-electron chi connectivity index (χ2n) is 3.67. The van der Waals surface area contributed by atoms with Crippen LogP contribution >= 0.6 is 0 Å². The molecule has 1 atom stereocenters. The van der Waals surface area contributed by atoms with Gasteiger partial charge in [0, 0.05) is 12.2 Å². The Morgan fingerprint density at radius 3 is 2.93 bits per heavy atom. The zero-order valence-corrected chi connectivity index (χ0v) is 8.19. The molecular formula is C11H12FNO2. The largest absolute Gasteiger partial charge is 0.393 e. The number of aliphatic hydroxyl groups is 1. The Bertz CT molecular complexity index is 381. The van der Waals surface area contributed by atoms with E-state index in [0.717, 1.165) is 0 Å². The first-order valence-corrected chi connectivity index (χ1v) is 4.91. The minimum atomic E-state index is -0.553. The Hall–Kier alpha value is -1.42. The van der Waals surface area contributed by atoms with Gasteiger partial charge >= 0.3 is 0 Å². The number of benzene rings is 1. The summed E-state index contributed by atoms with van der Waals surface area (Å²) in [7, 11) is 0. The third-order valence-electron chi connectivity index (χ3n) is 2.52. The van der Waals surface area contributed by atoms with Gasteiger partial charge in [-0.05, 0) is 24.6 Å². The highest BCUT2D eigenvalue weighted by Gasteiger charge is 2.25. The van der Waals surface area contributed by atoms with Crippen molar-refractivity contribution in [1.82, 2.24) is 0 Å². The predicted octanol–water partition coefficient (Wildman–Crippen LogP) is 1.31. The molecule has 1 amide bonds. The average Bonchev–Trinajstić information content (AvgIpc) is 2.17. The van der Waals surface area contributed by atoms with Crippen LogP contribution in [0.3, 0.4) is 0 Å². The lowest BCUT2D eigenvalue weighted by Crippen LogP contribution is -2.40. The fraction of sp³-hybridized carbons (Fsp3) is 0.364. The van der Waals surface area contributed by atoms with Gasteiger partial charge in [0.15, 0.2) is 0 Å². The lowest BCUT2D eigenvalue weighted by molar-refractivity contribution is -0.122. The Balaban J connectivity index is 2.20. The molecule has 0 saturated carbocycles. The second-order valence-corrected chi connectivity index (χ2v) is 3.67. The predicted molar refractivity (Wildman–Crippen MR) is 54.0 cm³/mol. The first-order chi connectivity index (χ1) is 7.16. The molecule has 80 valence electrons. The van der Waals surface area contributed by atoms with E-state index in [4.69, 9.17) is 0 Å². The van der Waals surface area contributed by atoms with Gasteiger partial charge in [0.05, 0.1) is 12.5 Å². The SMILES string of the molecule is O=C1CC(O)CCN1c1cccc(F)c1. The molecule has 0 aromatic heterocycles. The Labute approximate surface area is 87.1 Å². The van der Waals surface area contributed by atoms with E-state index in [2.05, 4.69) is 0 Å². The quantitative estimate of drug-likeness (QED) is 0.757. The lowest BCUT2D eigenvalue weighted by Gasteiger charge is -2.29. The van der Waals surface area contributed by atoms with Gasteiger partial charge in [0.2, 0.25) is 5.91 Å². The maximum absolute atomic E-state index is 12.9. The maximum atomic E-state index is 12.9. The summed E-state index contributed by atoms with van der Waals surface area (Å²) in [6.07, 6.45) is 0.112. The van der Waals surface area contributed by atoms with Crippen molar-refractivity contribution in [3.05, 3.63) is 30.1 Å². The van der Waals surface area contributed by atoms with Crippen LogP contribution in [-0.4, -0.2) is 23.7 Å². The molecule has 0 radical (unpaired) electrons. The molecule has 1 heterocycles. The first-order valence-electron chi connectivity index (χ1n) is 4.91. The minimum Gasteiger partial charge on any atom is -0.393 e. The molecule has 1 aliphatic rings. The zero-order chi connectivity index (χ0) is 10.8. The van der Waals surface area contributed by atoms with E-state index in [1.807, 2.05) is 0 Å². The number of aliphatic hydroxyl groups excluding tert-OH is 1. The third kappa shape index (κ3) is 2.15. The Kier molecular flexibility index (Phi) is 2.68. The monoisotopic (exact) mass is 209 g/mol. The van der Waals surface area contributed by atoms with Crippen molar-refractivity contribution in [2.45, 2.75) is 18.9 Å². The molecule has 0 bridgehead atoms. The van der Waals surface area contributed by atoms with E-state index in [-0.39, 0.29) is 18.1 Å². The van der Waals surface area contributed by atoms with E-state index in [9.17, 15) is 14.3 Å². The lowest BCUT2D eigenvalue weighted by atomic mass is 10.1. The molecule has 3 nitrogen and oxygen atoms in total. The molecule has 1 fully saturated rings. The fourth-order valence-electron chi connectivity index (χ4n) is 1.73. The van der Waals surface area contributed by atoms with Crippen molar-refractivity contribution in [1.29, 1.82) is 0 Å². The van der Waals surface area contributed by atoms with E-state index in [0.29, 0.717) is 18.7 Å². The molecule has 1 aliphatic heterocycles. The smallest absolute Gasteiger partial charge is 0.229 e. The standard InChI is InChI=1S/C11H12FNO2/c12-8-2-1-3-9(6-8)13-5-4-10(14)7-11(13)15/h1-3,6,10,14H,4-5,7H2. The zero-order valence-electron chi connectivity index (χ0n) is 8.19. The number of amides is 1. The van der Waals surface area contributed by atoms with Gasteiger partial charge in [-0.3, -0.25) is 4.79 Å². The average molecular weight is 209 g/mol. The van der Waals surface area contributed by atoms with Crippen molar-refractivity contribution >= 4 is 11.6 Å². The Morgan fingerprint density at radius 2 is 2.27 bits per heavy atom. The highest BCUT2D eigenvalue weighted by Crippen LogP contribution is 2.21. The number of anilines is 1. The number of rotatable bonds is 1. The summed E-state index contributed by atoms with van der Waals surface area (Å²) in [5.41, 5.74) is 0.562. The third-order valence-corrected chi connectivity index (χ3v) is 2.52. The second kappa shape index (κ2) is 3.98. The summed E-state index contributed by atoms with van der Waals surface area (Å²) >= 11 is 0. The van der Waals surface area contributed by atoms with Gasteiger partial charge in [-0.25, -0.2) is 4.39 Å². The number of nitrogens with zero attached hydrogens (tertiary/aromatic N) is 1. The van der Waals surface area contributed by atoms with Crippen LogP contribution in [0, 0.1) is 5.82 Å². The normalized spacial score (nSPS) is 21.9. The van der Waals surface area contributed by atoms with Crippen LogP contribution in [0.5, 0.6) is 0 Å². The van der Waals surface area contributed by atoms with Gasteiger partial charge in [0.25, 0.3) is 0 Å². The Morgan fingerprint density at radius 1 is 1.47 bits per heavy atom. The summed E-state index contributed by atoms with van der Waals surface area (Å²) in [5, 5.41) is 9.28. The number of carbonyl (C=O) groups is 1. The van der Waals surface area contributed by atoms with E-state index in [1.54, 1.807) is 12.1 Å². The molecule has 1 aromatic rings. The number of piperidine rings is 1. The molecule has 1 unspecified atom stereocenters. The number of carbonyl (C=O) groups excluding carboxylic acids is 1. The highest BCUT2D eigenvalue weighted by atomic mass is 19.1. The van der Waals surface area contributed by atoms with Crippen LogP contribution in [0.1, 0.15) is 12.8 Å². The molecule has 15 heavy (non-hydrogen) atoms. The van der Waals surface area contributed by atoms with Gasteiger partial charge < -0.3 is 10.0 Å². The molecule has 0 aliphatic carbocycles. The van der Waals surface area contributed by atoms with Gasteiger partial charge in [-0.2, -0.15) is 0 Å². The molecule has 4 heteroatoms. The molecule has 2 rings (SSSR count). The fourth-order valence-corrected chi connectivity index (χ4v) is 1.73. The summed E-state index contributed by atoms with van der Waals surface area (Å²) < 4.78 is 12.9. The van der Waals surface area contributed by atoms with Gasteiger partial charge in [0.1, 0.15) is 5.82 Å². The summed E-state index contributed by atoms with van der Waals surface area (Å²) in [4.78, 5) is 13.1. The highest BCUT2D eigenvalue weighted by molar-refractivity contribution is 5.94. The topological polar surface area (TPSA) is 40.5 Å². The van der Waals surface area contributed by atoms with Gasteiger partial charge in [-0.1, -0.05) is 6.07 Å². The molecular weight excluding hydrogens is 197 g/mol. The van der Waals surface area contributed by atoms with Crippen molar-refractivity contribution in [2.75, 3.05) is 11.4 Å². The summed E-state index contributed by atoms with van der Waals surface area (Å²) in [6, 6.07) is 5.93. The number of halogens is 1. The first kappa shape index (κ1) is 10.1. The maximum Gasteiger partial charge on any atom is 0.229 e. The van der Waals surface area contributed by atoms with Crippen molar-refractivity contribution < 1.29 is 14.3 Å². The van der Waals surface area contributed by atoms with Crippen LogP contribution in [0.2, 0.25) is 0 Å². The molecule has 1 saturated heterocycles. The van der Waals surface area contributed by atoms with Crippen LogP contribution in [-0.2, 0) is 4.79 Å². The molecule has 0 spiro atoms. The van der Waals surface area contributed by atoms with Gasteiger partial charge in [-0.15, -0.1) is 0 Å². The van der Waals surface area contributed by atoms with Crippen LogP contribution in [0.25, 0.3) is 0 Å². The van der Waals surface area contributed by atoms with Crippen LogP contribution < -0.4 is 4.90 Å². The summed E-state index contributed by atoms with van der Waals surface area (Å²) in [6.45, 7) is 0.448. The van der Waals surface area contributed by atoms with Crippen molar-refractivity contribution in [3.8, 4) is 0 Å². The van der Waals surface area contributed by atoms with Crippen LogP contribution in [0.4, 0.5) is 10.1 Å². The number of hydrogen-bond donors (Lipinski definition) is 1. The van der Waals surface area contributed by atoms with Crippen molar-refractivity contribution in [2.24, 2.45) is 0 Å². The van der Waals surface area contributed by atoms with E-state index in [1.165, 1.54) is 17.0 Å². The van der Waals surface area contributed by atoms with E-state index < -0.39 is 6.10 Å². The molecule has 1 N–H and O–H groups in total. The van der Waals surface area contributed by atoms with Crippen molar-refractivity contribution in [3.63, 3.8) is 0 Å². The minimum absolute atomic E-state index is 0.122. The molecule has 1 aromatic carbocycles. The summed E-state index contributed by atoms with van der Waals surface area (Å²) in [5.74, 6) is -0.509.